The van der Waals surface area contributed by atoms with Crippen molar-refractivity contribution in [2.75, 3.05) is 26.2 Å². The summed E-state index contributed by atoms with van der Waals surface area (Å²) < 4.78 is 13.6. The highest BCUT2D eigenvalue weighted by Gasteiger charge is 2.32. The highest BCUT2D eigenvalue weighted by Crippen LogP contribution is 2.10. The standard InChI is InChI=1S/C33H50FN9O8.C5H13N3/c1-3-4-6-23(39-19(2)44)31(49)42-25-12-13-27(45)37-16-14-22(29(36)47)40-28(46)18-38-30(48)26(17-20-8-10-21(34)11-9-20)43-32(50)24(7-5-15-35)41-33(25)51;1-2-3-4-8-5(6)7/h8-11,22-26H,3-7,12-18,35H2,1-2H3,(H2,36,47)(H,37,45)(H,38,48)(H,39,44)(H,40,46)(H,41,51)(H,42,49)(H,43,50);2-4H2,1H3,(H4,6,7,8)/t22?,23-,24-,25?,26?;/m0./s1. The minimum absolute atomic E-state index is 0.0298. The van der Waals surface area contributed by atoms with Crippen molar-refractivity contribution in [3.63, 3.8) is 0 Å². The molecule has 2 rings (SSSR count). The van der Waals surface area contributed by atoms with Gasteiger partial charge in [-0.15, -0.1) is 0 Å². The van der Waals surface area contributed by atoms with E-state index < -0.39 is 89.8 Å². The van der Waals surface area contributed by atoms with Crippen LogP contribution in [0.5, 0.6) is 0 Å². The van der Waals surface area contributed by atoms with E-state index in [0.717, 1.165) is 25.8 Å². The quantitative estimate of drug-likeness (QED) is 0.0507. The maximum Gasteiger partial charge on any atom is 0.243 e. The van der Waals surface area contributed by atoms with Crippen LogP contribution in [0.3, 0.4) is 0 Å². The number of hydrogen-bond donors (Lipinski definition) is 11. The third kappa shape index (κ3) is 22.0. The second-order valence-electron chi connectivity index (χ2n) is 13.9. The molecular formula is C38H63FN12O8. The van der Waals surface area contributed by atoms with Crippen molar-refractivity contribution in [3.05, 3.63) is 35.6 Å². The Hall–Kier alpha value is -5.86. The van der Waals surface area contributed by atoms with Crippen LogP contribution in [0.1, 0.15) is 90.5 Å². The van der Waals surface area contributed by atoms with Gasteiger partial charge in [-0.05, 0) is 62.8 Å². The van der Waals surface area contributed by atoms with Gasteiger partial charge in [-0.3, -0.25) is 43.3 Å². The molecule has 1 heterocycles. The van der Waals surface area contributed by atoms with Gasteiger partial charge in [0.25, 0.3) is 0 Å². The Morgan fingerprint density at radius 3 is 2.10 bits per heavy atom. The lowest BCUT2D eigenvalue weighted by molar-refractivity contribution is -0.135. The molecule has 1 saturated heterocycles. The summed E-state index contributed by atoms with van der Waals surface area (Å²) in [6.07, 6.45) is 3.40. The Bertz CT molecular complexity index is 1580. The zero-order chi connectivity index (χ0) is 44.3. The van der Waals surface area contributed by atoms with Crippen molar-refractivity contribution in [2.24, 2.45) is 27.9 Å². The molecule has 0 radical (unpaired) electrons. The lowest BCUT2D eigenvalue weighted by Crippen LogP contribution is -2.58. The SMILES string of the molecule is CCCCN=C(N)N.CCCC[C@H](NC(C)=O)C(=O)NC1CCC(=O)NCCC(C(N)=O)NC(=O)CNC(=O)C(Cc2ccc(F)cc2)NC(=O)[C@H](CCCN)NC1=O. The van der Waals surface area contributed by atoms with Gasteiger partial charge in [0.15, 0.2) is 5.96 Å². The molecule has 5 atom stereocenters. The molecule has 330 valence electrons. The van der Waals surface area contributed by atoms with E-state index in [4.69, 9.17) is 22.9 Å². The molecule has 21 heteroatoms. The maximum absolute atomic E-state index is 13.7. The van der Waals surface area contributed by atoms with Crippen LogP contribution in [0.25, 0.3) is 0 Å². The number of nitrogens with zero attached hydrogens (tertiary/aromatic N) is 1. The van der Waals surface area contributed by atoms with Crippen LogP contribution in [0.2, 0.25) is 0 Å². The van der Waals surface area contributed by atoms with Crippen LogP contribution >= 0.6 is 0 Å². The molecule has 0 saturated carbocycles. The van der Waals surface area contributed by atoms with Crippen molar-refractivity contribution < 1.29 is 42.7 Å². The van der Waals surface area contributed by atoms with Crippen LogP contribution in [0.15, 0.2) is 29.3 Å². The largest absolute Gasteiger partial charge is 0.370 e. The number of aliphatic imine (C=N–C) groups is 1. The lowest BCUT2D eigenvalue weighted by atomic mass is 10.0. The molecule has 1 aromatic rings. The number of nitrogens with one attached hydrogen (secondary N) is 7. The second-order valence-corrected chi connectivity index (χ2v) is 13.9. The summed E-state index contributed by atoms with van der Waals surface area (Å²) in [4.78, 5) is 107. The molecule has 20 nitrogen and oxygen atoms in total. The molecule has 0 spiro atoms. The van der Waals surface area contributed by atoms with E-state index in [1.807, 2.05) is 6.92 Å². The Morgan fingerprint density at radius 2 is 1.51 bits per heavy atom. The molecule has 15 N–H and O–H groups in total. The highest BCUT2D eigenvalue weighted by atomic mass is 19.1. The number of amides is 8. The third-order valence-electron chi connectivity index (χ3n) is 8.81. The molecule has 0 aromatic heterocycles. The van der Waals surface area contributed by atoms with E-state index in [2.05, 4.69) is 49.1 Å². The number of rotatable bonds is 15. The third-order valence-corrected chi connectivity index (χ3v) is 8.81. The van der Waals surface area contributed by atoms with Crippen LogP contribution in [0, 0.1) is 5.82 Å². The molecule has 0 aliphatic carbocycles. The predicted octanol–water partition coefficient (Wildman–Crippen LogP) is -2.30. The zero-order valence-corrected chi connectivity index (χ0v) is 34.2. The highest BCUT2D eigenvalue weighted by molar-refractivity contribution is 5.96. The first-order valence-electron chi connectivity index (χ1n) is 19.8. The molecule has 1 aromatic carbocycles. The molecule has 1 fully saturated rings. The normalized spacial score (nSPS) is 20.1. The van der Waals surface area contributed by atoms with Crippen molar-refractivity contribution >= 4 is 53.2 Å². The van der Waals surface area contributed by atoms with E-state index in [-0.39, 0.29) is 64.0 Å². The van der Waals surface area contributed by atoms with Crippen LogP contribution in [-0.4, -0.2) is 110 Å². The fourth-order valence-corrected chi connectivity index (χ4v) is 5.57. The Morgan fingerprint density at radius 1 is 0.847 bits per heavy atom. The summed E-state index contributed by atoms with van der Waals surface area (Å²) >= 11 is 0. The second kappa shape index (κ2) is 28.5. The molecule has 1 aliphatic rings. The van der Waals surface area contributed by atoms with Crippen LogP contribution in [0.4, 0.5) is 4.39 Å². The number of nitrogens with two attached hydrogens (primary N) is 4. The topological polar surface area (TPSA) is 337 Å². The van der Waals surface area contributed by atoms with E-state index in [0.29, 0.717) is 12.0 Å². The summed E-state index contributed by atoms with van der Waals surface area (Å²) in [5.41, 5.74) is 21.7. The lowest BCUT2D eigenvalue weighted by Gasteiger charge is -2.26. The van der Waals surface area contributed by atoms with Crippen molar-refractivity contribution in [1.29, 1.82) is 0 Å². The summed E-state index contributed by atoms with van der Waals surface area (Å²) in [5, 5.41) is 17.7. The summed E-state index contributed by atoms with van der Waals surface area (Å²) in [6.45, 7) is 5.47. The Balaban J connectivity index is 0.00000196. The Kier molecular flexibility index (Phi) is 24.7. The molecular weight excluding hydrogens is 771 g/mol. The molecule has 59 heavy (non-hydrogen) atoms. The average Bonchev–Trinajstić information content (AvgIpc) is 3.18. The van der Waals surface area contributed by atoms with Gasteiger partial charge in [0, 0.05) is 32.9 Å². The molecule has 3 unspecified atom stereocenters. The zero-order valence-electron chi connectivity index (χ0n) is 34.2. The van der Waals surface area contributed by atoms with E-state index in [9.17, 15) is 42.7 Å². The number of benzene rings is 1. The molecule has 8 amide bonds. The molecule has 0 bridgehead atoms. The van der Waals surface area contributed by atoms with E-state index in [1.54, 1.807) is 0 Å². The number of primary amides is 1. The van der Waals surface area contributed by atoms with Crippen molar-refractivity contribution in [3.8, 4) is 0 Å². The smallest absolute Gasteiger partial charge is 0.243 e. The van der Waals surface area contributed by atoms with Gasteiger partial charge in [-0.25, -0.2) is 4.39 Å². The molecule has 1 aliphatic heterocycles. The number of unbranched alkanes of at least 4 members (excludes halogenated alkanes) is 2. The Labute approximate surface area is 344 Å². The predicted molar refractivity (Wildman–Crippen MR) is 218 cm³/mol. The maximum atomic E-state index is 13.7. The summed E-state index contributed by atoms with van der Waals surface area (Å²) in [6, 6.07) is -0.906. The number of carbonyl (C=O) groups excluding carboxylic acids is 8. The van der Waals surface area contributed by atoms with Gasteiger partial charge in [0.2, 0.25) is 47.3 Å². The summed E-state index contributed by atoms with van der Waals surface area (Å²) in [5.74, 6) is -6.08. The fourth-order valence-electron chi connectivity index (χ4n) is 5.57. The van der Waals surface area contributed by atoms with E-state index >= 15 is 0 Å². The van der Waals surface area contributed by atoms with Gasteiger partial charge in [0.1, 0.15) is 36.0 Å². The first kappa shape index (κ1) is 51.2. The number of carbonyl (C=O) groups is 8. The van der Waals surface area contributed by atoms with E-state index in [1.165, 1.54) is 31.2 Å². The van der Waals surface area contributed by atoms with Crippen LogP contribution in [-0.2, 0) is 44.8 Å². The minimum atomic E-state index is -1.34. The van der Waals surface area contributed by atoms with Gasteiger partial charge >= 0.3 is 0 Å². The van der Waals surface area contributed by atoms with Crippen molar-refractivity contribution in [2.45, 2.75) is 122 Å². The summed E-state index contributed by atoms with van der Waals surface area (Å²) in [7, 11) is 0. The monoisotopic (exact) mass is 834 g/mol. The van der Waals surface area contributed by atoms with Gasteiger partial charge in [-0.1, -0.05) is 45.2 Å². The van der Waals surface area contributed by atoms with Crippen molar-refractivity contribution in [1.82, 2.24) is 37.2 Å². The average molecular weight is 835 g/mol. The number of hydrogen-bond acceptors (Lipinski definition) is 10. The van der Waals surface area contributed by atoms with Gasteiger partial charge in [-0.2, -0.15) is 0 Å². The van der Waals surface area contributed by atoms with Gasteiger partial charge < -0.3 is 60.2 Å². The fraction of sp³-hybridized carbons (Fsp3) is 0.605. The van der Waals surface area contributed by atoms with Crippen LogP contribution < -0.4 is 60.2 Å². The number of halogens is 1. The first-order chi connectivity index (χ1) is 28.0. The van der Waals surface area contributed by atoms with Gasteiger partial charge in [0.05, 0.1) is 6.54 Å². The number of guanidine groups is 1. The minimum Gasteiger partial charge on any atom is -0.370 e. The first-order valence-corrected chi connectivity index (χ1v) is 19.8.